The van der Waals surface area contributed by atoms with Crippen molar-refractivity contribution in [1.82, 2.24) is 4.90 Å². The largest absolute Gasteiger partial charge is 0.399 e. The molecular weight excluding hydrogens is 274 g/mol. The molecule has 0 bridgehead atoms. The molecule has 0 aromatic heterocycles. The molecular formula is C16H14F2N2O. The monoisotopic (exact) mass is 288 g/mol. The molecule has 3 nitrogen and oxygen atoms in total. The highest BCUT2D eigenvalue weighted by Crippen LogP contribution is 2.22. The molecule has 0 radical (unpaired) electrons. The first-order chi connectivity index (χ1) is 10.0. The first-order valence-electron chi connectivity index (χ1n) is 6.66. The van der Waals surface area contributed by atoms with E-state index in [1.54, 1.807) is 11.0 Å². The van der Waals surface area contributed by atoms with Crippen LogP contribution in [-0.2, 0) is 13.0 Å². The average molecular weight is 288 g/mol. The second-order valence-corrected chi connectivity index (χ2v) is 5.13. The number of fused-ring (bicyclic) bond motifs is 1. The van der Waals surface area contributed by atoms with Crippen LogP contribution in [0.15, 0.2) is 36.4 Å². The Morgan fingerprint density at radius 2 is 1.90 bits per heavy atom. The second kappa shape index (κ2) is 5.16. The van der Waals surface area contributed by atoms with Crippen LogP contribution in [0.1, 0.15) is 21.5 Å². The zero-order valence-electron chi connectivity index (χ0n) is 11.3. The Morgan fingerprint density at radius 1 is 1.10 bits per heavy atom. The topological polar surface area (TPSA) is 46.3 Å². The lowest BCUT2D eigenvalue weighted by atomic mass is 9.99. The number of anilines is 1. The zero-order valence-corrected chi connectivity index (χ0v) is 11.3. The number of hydrogen-bond acceptors (Lipinski definition) is 2. The van der Waals surface area contributed by atoms with E-state index in [1.165, 1.54) is 24.3 Å². The third-order valence-electron chi connectivity index (χ3n) is 3.69. The van der Waals surface area contributed by atoms with E-state index < -0.39 is 5.82 Å². The molecule has 0 fully saturated rings. The number of carbonyl (C=O) groups is 1. The Hall–Kier alpha value is -2.43. The average Bonchev–Trinajstić information content (AvgIpc) is 2.46. The molecule has 5 heteroatoms. The predicted octanol–water partition coefficient (Wildman–Crippen LogP) is 2.75. The van der Waals surface area contributed by atoms with Gasteiger partial charge in [-0.2, -0.15) is 0 Å². The summed E-state index contributed by atoms with van der Waals surface area (Å²) in [5.41, 5.74) is 7.57. The minimum absolute atomic E-state index is 0.00904. The third kappa shape index (κ3) is 2.59. The molecule has 1 heterocycles. The van der Waals surface area contributed by atoms with E-state index >= 15 is 0 Å². The standard InChI is InChI=1S/C16H14F2N2O/c17-12-2-1-11-9-20(6-5-10(11)7-12)16(21)14-4-3-13(19)8-15(14)18/h1-4,7-8H,5-6,9,19H2. The number of rotatable bonds is 1. The fourth-order valence-corrected chi connectivity index (χ4v) is 2.57. The van der Waals surface area contributed by atoms with Gasteiger partial charge < -0.3 is 10.6 Å². The van der Waals surface area contributed by atoms with E-state index in [2.05, 4.69) is 0 Å². The summed E-state index contributed by atoms with van der Waals surface area (Å²) in [5.74, 6) is -1.27. The van der Waals surface area contributed by atoms with E-state index in [-0.39, 0.29) is 23.0 Å². The van der Waals surface area contributed by atoms with Gasteiger partial charge in [0.2, 0.25) is 0 Å². The Balaban J connectivity index is 1.85. The maximum absolute atomic E-state index is 13.8. The van der Waals surface area contributed by atoms with E-state index in [4.69, 9.17) is 5.73 Å². The lowest BCUT2D eigenvalue weighted by Gasteiger charge is -2.29. The van der Waals surface area contributed by atoms with Crippen LogP contribution in [0.5, 0.6) is 0 Å². The molecule has 1 aliphatic rings. The normalized spacial score (nSPS) is 13.9. The highest BCUT2D eigenvalue weighted by molar-refractivity contribution is 5.95. The van der Waals surface area contributed by atoms with Crippen molar-refractivity contribution in [2.75, 3.05) is 12.3 Å². The van der Waals surface area contributed by atoms with Crippen LogP contribution in [0.4, 0.5) is 14.5 Å². The summed E-state index contributed by atoms with van der Waals surface area (Å²) in [6.45, 7) is 0.803. The Labute approximate surface area is 121 Å². The predicted molar refractivity (Wildman–Crippen MR) is 75.7 cm³/mol. The molecule has 2 aromatic rings. The number of halogens is 2. The van der Waals surface area contributed by atoms with Crippen molar-refractivity contribution in [3.05, 3.63) is 64.7 Å². The van der Waals surface area contributed by atoms with Crippen molar-refractivity contribution in [3.8, 4) is 0 Å². The summed E-state index contributed by atoms with van der Waals surface area (Å²) >= 11 is 0. The van der Waals surface area contributed by atoms with Crippen molar-refractivity contribution in [2.24, 2.45) is 0 Å². The summed E-state index contributed by atoms with van der Waals surface area (Å²) in [6, 6.07) is 8.57. The van der Waals surface area contributed by atoms with Crippen molar-refractivity contribution in [3.63, 3.8) is 0 Å². The van der Waals surface area contributed by atoms with Crippen molar-refractivity contribution in [1.29, 1.82) is 0 Å². The zero-order chi connectivity index (χ0) is 15.0. The van der Waals surface area contributed by atoms with Gasteiger partial charge in [-0.1, -0.05) is 6.07 Å². The van der Waals surface area contributed by atoms with Crippen LogP contribution < -0.4 is 5.73 Å². The second-order valence-electron chi connectivity index (χ2n) is 5.13. The van der Waals surface area contributed by atoms with E-state index in [9.17, 15) is 13.6 Å². The highest BCUT2D eigenvalue weighted by Gasteiger charge is 2.24. The summed E-state index contributed by atoms with van der Waals surface area (Å²) in [5, 5.41) is 0. The minimum Gasteiger partial charge on any atom is -0.399 e. The van der Waals surface area contributed by atoms with Gasteiger partial charge >= 0.3 is 0 Å². The van der Waals surface area contributed by atoms with E-state index in [0.717, 1.165) is 17.2 Å². The van der Waals surface area contributed by atoms with E-state index in [0.29, 0.717) is 19.5 Å². The van der Waals surface area contributed by atoms with Gasteiger partial charge in [0.25, 0.3) is 5.91 Å². The van der Waals surface area contributed by atoms with Gasteiger partial charge in [-0.05, 0) is 47.9 Å². The molecule has 108 valence electrons. The number of carbonyl (C=O) groups excluding carboxylic acids is 1. The molecule has 0 saturated heterocycles. The molecule has 2 aromatic carbocycles. The number of nitrogens with two attached hydrogens (primary N) is 1. The number of amides is 1. The Bertz CT molecular complexity index is 715. The molecule has 0 aliphatic carbocycles. The van der Waals surface area contributed by atoms with Gasteiger partial charge in [0, 0.05) is 18.8 Å². The molecule has 0 saturated carbocycles. The number of nitrogen functional groups attached to an aromatic ring is 1. The van der Waals surface area contributed by atoms with Crippen LogP contribution in [-0.4, -0.2) is 17.4 Å². The van der Waals surface area contributed by atoms with Crippen molar-refractivity contribution >= 4 is 11.6 Å². The number of hydrogen-bond donors (Lipinski definition) is 1. The number of nitrogens with zero attached hydrogens (tertiary/aromatic N) is 1. The first-order valence-corrected chi connectivity index (χ1v) is 6.66. The van der Waals surface area contributed by atoms with E-state index in [1.807, 2.05) is 0 Å². The van der Waals surface area contributed by atoms with Gasteiger partial charge in [-0.25, -0.2) is 8.78 Å². The van der Waals surface area contributed by atoms with Crippen LogP contribution in [0.3, 0.4) is 0 Å². The third-order valence-corrected chi connectivity index (χ3v) is 3.69. The van der Waals surface area contributed by atoms with Crippen molar-refractivity contribution in [2.45, 2.75) is 13.0 Å². The van der Waals surface area contributed by atoms with Gasteiger partial charge in [0.15, 0.2) is 0 Å². The van der Waals surface area contributed by atoms with Crippen molar-refractivity contribution < 1.29 is 13.6 Å². The molecule has 1 aliphatic heterocycles. The van der Waals surface area contributed by atoms with Gasteiger partial charge in [0.05, 0.1) is 5.56 Å². The summed E-state index contributed by atoms with van der Waals surface area (Å²) < 4.78 is 27.0. The first kappa shape index (κ1) is 13.5. The molecule has 2 N–H and O–H groups in total. The van der Waals surface area contributed by atoms with Crippen LogP contribution in [0.2, 0.25) is 0 Å². The highest BCUT2D eigenvalue weighted by atomic mass is 19.1. The molecule has 0 atom stereocenters. The molecule has 1 amide bonds. The van der Waals surface area contributed by atoms with Crippen LogP contribution in [0.25, 0.3) is 0 Å². The van der Waals surface area contributed by atoms with Gasteiger partial charge in [-0.3, -0.25) is 4.79 Å². The van der Waals surface area contributed by atoms with Gasteiger partial charge in [-0.15, -0.1) is 0 Å². The summed E-state index contributed by atoms with van der Waals surface area (Å²) in [4.78, 5) is 13.9. The maximum Gasteiger partial charge on any atom is 0.257 e. The summed E-state index contributed by atoms with van der Waals surface area (Å²) in [6.07, 6.45) is 0.565. The molecule has 21 heavy (non-hydrogen) atoms. The SMILES string of the molecule is Nc1ccc(C(=O)N2CCc3cc(F)ccc3C2)c(F)c1. The fraction of sp³-hybridized carbons (Fsp3) is 0.188. The Morgan fingerprint density at radius 3 is 2.67 bits per heavy atom. The lowest BCUT2D eigenvalue weighted by molar-refractivity contribution is 0.0730. The van der Waals surface area contributed by atoms with Crippen LogP contribution in [0, 0.1) is 11.6 Å². The number of benzene rings is 2. The Kier molecular flexibility index (Phi) is 3.33. The summed E-state index contributed by atoms with van der Waals surface area (Å²) in [7, 11) is 0. The lowest BCUT2D eigenvalue weighted by Crippen LogP contribution is -2.36. The quantitative estimate of drug-likeness (QED) is 0.820. The maximum atomic E-state index is 13.8. The smallest absolute Gasteiger partial charge is 0.257 e. The minimum atomic E-state index is -0.620. The van der Waals surface area contributed by atoms with Crippen LogP contribution >= 0.6 is 0 Å². The van der Waals surface area contributed by atoms with Gasteiger partial charge in [0.1, 0.15) is 11.6 Å². The molecule has 0 spiro atoms. The molecule has 3 rings (SSSR count). The fourth-order valence-electron chi connectivity index (χ4n) is 2.57. The molecule has 0 unspecified atom stereocenters.